The molecule has 0 bridgehead atoms. The highest BCUT2D eigenvalue weighted by Gasteiger charge is 2.39. The van der Waals surface area contributed by atoms with Crippen molar-refractivity contribution in [1.82, 2.24) is 10.2 Å². The Morgan fingerprint density at radius 1 is 1.19 bits per heavy atom. The van der Waals surface area contributed by atoms with E-state index in [-0.39, 0.29) is 30.9 Å². The number of hydrogen-bond donors (Lipinski definition) is 1. The zero-order chi connectivity index (χ0) is 18.5. The molecule has 1 aromatic carbocycles. The van der Waals surface area contributed by atoms with Crippen molar-refractivity contribution in [2.24, 2.45) is 5.92 Å². The molecule has 1 atom stereocenters. The molecule has 1 N–H and O–H groups in total. The lowest BCUT2D eigenvalue weighted by Crippen LogP contribution is -2.35. The summed E-state index contributed by atoms with van der Waals surface area (Å²) in [5.74, 6) is -1.29. The third-order valence-electron chi connectivity index (χ3n) is 5.01. The molecule has 1 aromatic rings. The maximum absolute atomic E-state index is 12.2. The van der Waals surface area contributed by atoms with E-state index in [1.807, 2.05) is 17.0 Å². The monoisotopic (exact) mass is 378 g/mol. The fraction of sp³-hybridized carbons (Fsp3) is 0.526. The molecule has 2 aliphatic rings. The number of ether oxygens (including phenoxy) is 1. The molecule has 1 heterocycles. The normalized spacial score (nSPS) is 20.4. The summed E-state index contributed by atoms with van der Waals surface area (Å²) in [6, 6.07) is 7.39. The van der Waals surface area contributed by atoms with Crippen molar-refractivity contribution >= 4 is 29.4 Å². The number of rotatable bonds is 6. The average Bonchev–Trinajstić information content (AvgIpc) is 3.28. The van der Waals surface area contributed by atoms with Crippen molar-refractivity contribution in [3.05, 3.63) is 34.9 Å². The van der Waals surface area contributed by atoms with Crippen LogP contribution in [0.3, 0.4) is 0 Å². The Morgan fingerprint density at radius 2 is 1.88 bits per heavy atom. The van der Waals surface area contributed by atoms with Crippen molar-refractivity contribution in [1.29, 1.82) is 0 Å². The Balaban J connectivity index is 1.40. The highest BCUT2D eigenvalue weighted by molar-refractivity contribution is 6.30. The van der Waals surface area contributed by atoms with Gasteiger partial charge in [0, 0.05) is 30.6 Å². The van der Waals surface area contributed by atoms with Crippen LogP contribution in [0, 0.1) is 5.92 Å². The Morgan fingerprint density at radius 3 is 2.58 bits per heavy atom. The molecule has 1 saturated carbocycles. The van der Waals surface area contributed by atoms with Crippen LogP contribution in [0.15, 0.2) is 24.3 Å². The minimum Gasteiger partial charge on any atom is -0.455 e. The lowest BCUT2D eigenvalue weighted by Gasteiger charge is -2.23. The van der Waals surface area contributed by atoms with Gasteiger partial charge in [-0.05, 0) is 30.5 Å². The van der Waals surface area contributed by atoms with E-state index in [1.54, 1.807) is 12.1 Å². The van der Waals surface area contributed by atoms with Gasteiger partial charge in [0.1, 0.15) is 0 Å². The third kappa shape index (κ3) is 4.75. The summed E-state index contributed by atoms with van der Waals surface area (Å²) in [4.78, 5) is 38.0. The number of nitrogens with one attached hydrogen (secondary N) is 1. The van der Waals surface area contributed by atoms with Gasteiger partial charge in [0.15, 0.2) is 6.61 Å². The van der Waals surface area contributed by atoms with Gasteiger partial charge in [-0.25, -0.2) is 0 Å². The van der Waals surface area contributed by atoms with Gasteiger partial charge in [-0.3, -0.25) is 14.4 Å². The molecule has 1 aliphatic heterocycles. The topological polar surface area (TPSA) is 75.7 Å². The zero-order valence-electron chi connectivity index (χ0n) is 14.6. The molecule has 0 radical (unpaired) electrons. The van der Waals surface area contributed by atoms with Crippen molar-refractivity contribution in [3.63, 3.8) is 0 Å². The summed E-state index contributed by atoms with van der Waals surface area (Å²) in [6.07, 6.45) is 4.48. The molecule has 140 valence electrons. The van der Waals surface area contributed by atoms with Crippen molar-refractivity contribution in [3.8, 4) is 0 Å². The van der Waals surface area contributed by atoms with Gasteiger partial charge in [0.25, 0.3) is 5.91 Å². The van der Waals surface area contributed by atoms with Gasteiger partial charge in [0.2, 0.25) is 5.91 Å². The van der Waals surface area contributed by atoms with Crippen LogP contribution in [0.25, 0.3) is 0 Å². The Bertz CT molecular complexity index is 671. The predicted molar refractivity (Wildman–Crippen MR) is 96.3 cm³/mol. The average molecular weight is 379 g/mol. The maximum Gasteiger partial charge on any atom is 0.311 e. The number of carbonyl (C=O) groups excluding carboxylic acids is 3. The van der Waals surface area contributed by atoms with Crippen LogP contribution in [-0.2, 0) is 25.7 Å². The number of carbonyl (C=O) groups is 3. The second-order valence-electron chi connectivity index (χ2n) is 6.90. The fourth-order valence-electron chi connectivity index (χ4n) is 3.57. The maximum atomic E-state index is 12.2. The van der Waals surface area contributed by atoms with E-state index < -0.39 is 11.9 Å². The van der Waals surface area contributed by atoms with E-state index in [2.05, 4.69) is 5.32 Å². The molecule has 6 nitrogen and oxygen atoms in total. The van der Waals surface area contributed by atoms with Crippen LogP contribution in [0.5, 0.6) is 0 Å². The van der Waals surface area contributed by atoms with Gasteiger partial charge >= 0.3 is 5.97 Å². The smallest absolute Gasteiger partial charge is 0.311 e. The van der Waals surface area contributed by atoms with Gasteiger partial charge in [0.05, 0.1) is 5.92 Å². The van der Waals surface area contributed by atoms with Crippen LogP contribution < -0.4 is 5.32 Å². The highest BCUT2D eigenvalue weighted by Crippen LogP contribution is 2.29. The molecular weight excluding hydrogens is 356 g/mol. The third-order valence-corrected chi connectivity index (χ3v) is 5.26. The molecule has 26 heavy (non-hydrogen) atoms. The molecular formula is C19H23ClN2O4. The zero-order valence-corrected chi connectivity index (χ0v) is 15.3. The summed E-state index contributed by atoms with van der Waals surface area (Å²) in [5, 5.41) is 3.32. The Labute approximate surface area is 157 Å². The molecule has 7 heteroatoms. The largest absolute Gasteiger partial charge is 0.455 e. The number of nitrogens with zero attached hydrogens (tertiary/aromatic N) is 1. The standard InChI is InChI=1S/C19H23ClN2O4/c20-15-7-5-13(6-8-15)10-21-17(23)12-26-19(25)14-9-18(24)22(11-14)16-3-1-2-4-16/h5-8,14,16H,1-4,9-12H2,(H,21,23)/t14-/m0/s1. The van der Waals surface area contributed by atoms with Gasteiger partial charge < -0.3 is 15.0 Å². The summed E-state index contributed by atoms with van der Waals surface area (Å²) < 4.78 is 5.10. The molecule has 2 fully saturated rings. The Kier molecular flexibility index (Phi) is 6.14. The number of hydrogen-bond acceptors (Lipinski definition) is 4. The minimum atomic E-state index is -0.472. The van der Waals surface area contributed by atoms with E-state index in [0.29, 0.717) is 18.1 Å². The van der Waals surface area contributed by atoms with Crippen LogP contribution in [0.2, 0.25) is 5.02 Å². The molecule has 1 saturated heterocycles. The number of amides is 2. The van der Waals surface area contributed by atoms with Gasteiger partial charge in [-0.15, -0.1) is 0 Å². The second kappa shape index (κ2) is 8.54. The van der Waals surface area contributed by atoms with Gasteiger partial charge in [-0.1, -0.05) is 36.6 Å². The van der Waals surface area contributed by atoms with Crippen LogP contribution in [-0.4, -0.2) is 41.9 Å². The van der Waals surface area contributed by atoms with Crippen molar-refractivity contribution < 1.29 is 19.1 Å². The second-order valence-corrected chi connectivity index (χ2v) is 7.33. The van der Waals surface area contributed by atoms with E-state index in [4.69, 9.17) is 16.3 Å². The number of benzene rings is 1. The lowest BCUT2D eigenvalue weighted by atomic mass is 10.1. The van der Waals surface area contributed by atoms with E-state index in [0.717, 1.165) is 31.2 Å². The predicted octanol–water partition coefficient (Wildman–Crippen LogP) is 2.29. The fourth-order valence-corrected chi connectivity index (χ4v) is 3.69. The summed E-state index contributed by atoms with van der Waals surface area (Å²) in [7, 11) is 0. The molecule has 1 aliphatic carbocycles. The number of likely N-dealkylation sites (tertiary alicyclic amines) is 1. The lowest BCUT2D eigenvalue weighted by molar-refractivity contribution is -0.152. The minimum absolute atomic E-state index is 0.0195. The molecule has 0 spiro atoms. The van der Waals surface area contributed by atoms with E-state index in [9.17, 15) is 14.4 Å². The first-order chi connectivity index (χ1) is 12.5. The summed E-state index contributed by atoms with van der Waals surface area (Å²) in [5.41, 5.74) is 0.905. The molecule has 2 amide bonds. The first-order valence-corrected chi connectivity index (χ1v) is 9.38. The van der Waals surface area contributed by atoms with Crippen molar-refractivity contribution in [2.45, 2.75) is 44.7 Å². The summed E-state index contributed by atoms with van der Waals surface area (Å²) >= 11 is 5.81. The van der Waals surface area contributed by atoms with E-state index in [1.165, 1.54) is 0 Å². The van der Waals surface area contributed by atoms with Crippen LogP contribution in [0.1, 0.15) is 37.7 Å². The first kappa shape index (κ1) is 18.7. The summed E-state index contributed by atoms with van der Waals surface area (Å²) in [6.45, 7) is 0.417. The SMILES string of the molecule is O=C(COC(=O)[C@H]1CC(=O)N(C2CCCC2)C1)NCc1ccc(Cl)cc1. The first-order valence-electron chi connectivity index (χ1n) is 9.00. The molecule has 0 unspecified atom stereocenters. The molecule has 3 rings (SSSR count). The van der Waals surface area contributed by atoms with Crippen LogP contribution in [0.4, 0.5) is 0 Å². The van der Waals surface area contributed by atoms with Crippen molar-refractivity contribution in [2.75, 3.05) is 13.2 Å². The quantitative estimate of drug-likeness (QED) is 0.770. The number of halogens is 1. The van der Waals surface area contributed by atoms with E-state index >= 15 is 0 Å². The van der Waals surface area contributed by atoms with Gasteiger partial charge in [-0.2, -0.15) is 0 Å². The Hall–Kier alpha value is -2.08. The molecule has 0 aromatic heterocycles. The number of esters is 1. The van der Waals surface area contributed by atoms with Crippen LogP contribution >= 0.6 is 11.6 Å². The highest BCUT2D eigenvalue weighted by atomic mass is 35.5.